The molecule has 2 aromatic rings. The lowest BCUT2D eigenvalue weighted by molar-refractivity contribution is -0.146. The first-order chi connectivity index (χ1) is 11.1. The maximum absolute atomic E-state index is 10.9. The van der Waals surface area contributed by atoms with Gasteiger partial charge in [-0.05, 0) is 24.0 Å². The minimum absolute atomic E-state index is 0.281. The molecule has 0 bridgehead atoms. The number of aliphatic carboxylic acids is 1. The zero-order valence-electron chi connectivity index (χ0n) is 13.1. The zero-order valence-corrected chi connectivity index (χ0v) is 13.1. The summed E-state index contributed by atoms with van der Waals surface area (Å²) in [6, 6.07) is 17.7. The van der Waals surface area contributed by atoms with Crippen LogP contribution in [0.3, 0.4) is 0 Å². The molecule has 2 aromatic carbocycles. The second-order valence-corrected chi connectivity index (χ2v) is 5.95. The third-order valence-corrected chi connectivity index (χ3v) is 4.28. The highest BCUT2D eigenvalue weighted by molar-refractivity contribution is 5.68. The van der Waals surface area contributed by atoms with Crippen LogP contribution in [-0.4, -0.2) is 17.7 Å². The molecule has 3 rings (SSSR count). The molecule has 0 heterocycles. The van der Waals surface area contributed by atoms with E-state index in [4.69, 9.17) is 14.6 Å². The monoisotopic (exact) mass is 312 g/mol. The maximum atomic E-state index is 10.9. The molecule has 0 spiro atoms. The van der Waals surface area contributed by atoms with E-state index < -0.39 is 11.6 Å². The van der Waals surface area contributed by atoms with Crippen molar-refractivity contribution in [2.45, 2.75) is 25.6 Å². The normalized spacial score (nSPS) is 22.6. The molecular weight excluding hydrogens is 292 g/mol. The van der Waals surface area contributed by atoms with Crippen LogP contribution in [0, 0.1) is 5.92 Å². The van der Waals surface area contributed by atoms with Crippen molar-refractivity contribution in [1.82, 2.24) is 0 Å². The summed E-state index contributed by atoms with van der Waals surface area (Å²) in [5.41, 5.74) is 1.49. The first-order valence-corrected chi connectivity index (χ1v) is 7.74. The zero-order chi connectivity index (χ0) is 16.3. The summed E-state index contributed by atoms with van der Waals surface area (Å²) < 4.78 is 11.7. The van der Waals surface area contributed by atoms with Crippen LogP contribution in [0.5, 0.6) is 5.75 Å². The van der Waals surface area contributed by atoms with Crippen molar-refractivity contribution in [3.63, 3.8) is 0 Å². The number of carboxylic acid groups (broad SMARTS) is 1. The average Bonchev–Trinajstić information content (AvgIpc) is 3.23. The van der Waals surface area contributed by atoms with E-state index in [1.54, 1.807) is 0 Å². The van der Waals surface area contributed by atoms with E-state index in [-0.39, 0.29) is 12.5 Å². The van der Waals surface area contributed by atoms with E-state index in [1.165, 1.54) is 0 Å². The standard InChI is InChI=1S/C19H20O4/c1-14-11-19(14,23-13-18(20)21)16-9-5-6-10-17(16)22-12-15-7-3-2-4-8-15/h2-10,14H,11-13H2,1H3,(H,20,21). The highest BCUT2D eigenvalue weighted by atomic mass is 16.5. The van der Waals surface area contributed by atoms with Crippen LogP contribution in [0.2, 0.25) is 0 Å². The van der Waals surface area contributed by atoms with E-state index in [9.17, 15) is 4.79 Å². The number of carboxylic acids is 1. The molecule has 1 N–H and O–H groups in total. The number of benzene rings is 2. The Morgan fingerprint density at radius 1 is 1.17 bits per heavy atom. The van der Waals surface area contributed by atoms with Gasteiger partial charge in [-0.25, -0.2) is 4.79 Å². The second kappa shape index (κ2) is 6.42. The molecular formula is C19H20O4. The molecule has 2 unspecified atom stereocenters. The SMILES string of the molecule is CC1CC1(OCC(=O)O)c1ccccc1OCc1ccccc1. The van der Waals surface area contributed by atoms with Gasteiger partial charge >= 0.3 is 5.97 Å². The van der Waals surface area contributed by atoms with Crippen molar-refractivity contribution >= 4 is 5.97 Å². The Labute approximate surface area is 135 Å². The third-order valence-electron chi connectivity index (χ3n) is 4.28. The van der Waals surface area contributed by atoms with E-state index in [1.807, 2.05) is 54.6 Å². The molecule has 1 aliphatic rings. The Hall–Kier alpha value is -2.33. The number of ether oxygens (including phenoxy) is 2. The number of hydrogen-bond donors (Lipinski definition) is 1. The summed E-state index contributed by atoms with van der Waals surface area (Å²) in [5, 5.41) is 8.90. The van der Waals surface area contributed by atoms with Crippen LogP contribution >= 0.6 is 0 Å². The predicted molar refractivity (Wildman–Crippen MR) is 86.3 cm³/mol. The molecule has 1 saturated carbocycles. The molecule has 4 nitrogen and oxygen atoms in total. The van der Waals surface area contributed by atoms with Crippen molar-refractivity contribution in [1.29, 1.82) is 0 Å². The van der Waals surface area contributed by atoms with Crippen molar-refractivity contribution in [3.05, 3.63) is 65.7 Å². The topological polar surface area (TPSA) is 55.8 Å². The van der Waals surface area contributed by atoms with Crippen molar-refractivity contribution in [3.8, 4) is 5.75 Å². The summed E-state index contributed by atoms with van der Waals surface area (Å²) in [4.78, 5) is 10.9. The summed E-state index contributed by atoms with van der Waals surface area (Å²) in [5.74, 6) is 0.0839. The van der Waals surface area contributed by atoms with Crippen LogP contribution in [0.1, 0.15) is 24.5 Å². The van der Waals surface area contributed by atoms with Gasteiger partial charge in [0, 0.05) is 5.56 Å². The molecule has 0 saturated heterocycles. The van der Waals surface area contributed by atoms with Crippen LogP contribution in [0.4, 0.5) is 0 Å². The van der Waals surface area contributed by atoms with Crippen molar-refractivity contribution in [2.75, 3.05) is 6.61 Å². The van der Waals surface area contributed by atoms with Gasteiger partial charge in [-0.1, -0.05) is 55.5 Å². The van der Waals surface area contributed by atoms with Crippen LogP contribution in [-0.2, 0) is 21.7 Å². The van der Waals surface area contributed by atoms with Gasteiger partial charge < -0.3 is 14.6 Å². The van der Waals surface area contributed by atoms with Crippen molar-refractivity contribution in [2.24, 2.45) is 5.92 Å². The Balaban J connectivity index is 1.79. The lowest BCUT2D eigenvalue weighted by Crippen LogP contribution is -2.20. The number of carbonyl (C=O) groups is 1. The highest BCUT2D eigenvalue weighted by Crippen LogP contribution is 2.57. The molecule has 2 atom stereocenters. The average molecular weight is 312 g/mol. The van der Waals surface area contributed by atoms with Gasteiger partial charge in [0.1, 0.15) is 24.6 Å². The predicted octanol–water partition coefficient (Wildman–Crippen LogP) is 3.60. The fourth-order valence-electron chi connectivity index (χ4n) is 2.92. The Kier molecular flexibility index (Phi) is 4.35. The van der Waals surface area contributed by atoms with E-state index in [0.717, 1.165) is 23.3 Å². The van der Waals surface area contributed by atoms with Gasteiger partial charge in [0.15, 0.2) is 0 Å². The fourth-order valence-corrected chi connectivity index (χ4v) is 2.92. The quantitative estimate of drug-likeness (QED) is 0.848. The molecule has 23 heavy (non-hydrogen) atoms. The molecule has 1 aliphatic carbocycles. The lowest BCUT2D eigenvalue weighted by Gasteiger charge is -2.21. The number of rotatable bonds is 7. The third kappa shape index (κ3) is 3.37. The molecule has 120 valence electrons. The molecule has 0 amide bonds. The first-order valence-electron chi connectivity index (χ1n) is 7.74. The van der Waals surface area contributed by atoms with Gasteiger partial charge in [0.25, 0.3) is 0 Å². The van der Waals surface area contributed by atoms with E-state index in [0.29, 0.717) is 6.61 Å². The van der Waals surface area contributed by atoms with E-state index in [2.05, 4.69) is 6.92 Å². The minimum atomic E-state index is -0.953. The molecule has 0 aromatic heterocycles. The summed E-state index contributed by atoms with van der Waals surface area (Å²) in [6.07, 6.45) is 0.811. The molecule has 1 fully saturated rings. The largest absolute Gasteiger partial charge is 0.489 e. The Morgan fingerprint density at radius 3 is 2.48 bits per heavy atom. The Morgan fingerprint density at radius 2 is 1.83 bits per heavy atom. The summed E-state index contributed by atoms with van der Waals surface area (Å²) in [6.45, 7) is 2.24. The smallest absolute Gasteiger partial charge is 0.329 e. The maximum Gasteiger partial charge on any atom is 0.329 e. The summed E-state index contributed by atoms with van der Waals surface area (Å²) >= 11 is 0. The van der Waals surface area contributed by atoms with Gasteiger partial charge in [-0.3, -0.25) is 0 Å². The van der Waals surface area contributed by atoms with Gasteiger partial charge in [-0.2, -0.15) is 0 Å². The fraction of sp³-hybridized carbons (Fsp3) is 0.316. The molecule has 4 heteroatoms. The van der Waals surface area contributed by atoms with Gasteiger partial charge in [-0.15, -0.1) is 0 Å². The minimum Gasteiger partial charge on any atom is -0.489 e. The first kappa shape index (κ1) is 15.6. The summed E-state index contributed by atoms with van der Waals surface area (Å²) in [7, 11) is 0. The van der Waals surface area contributed by atoms with Crippen molar-refractivity contribution < 1.29 is 19.4 Å². The number of para-hydroxylation sites is 1. The van der Waals surface area contributed by atoms with E-state index >= 15 is 0 Å². The van der Waals surface area contributed by atoms with Crippen LogP contribution in [0.25, 0.3) is 0 Å². The molecule has 0 aliphatic heterocycles. The highest BCUT2D eigenvalue weighted by Gasteiger charge is 2.55. The Bertz CT molecular complexity index is 683. The molecule has 0 radical (unpaired) electrons. The lowest BCUT2D eigenvalue weighted by atomic mass is 10.0. The van der Waals surface area contributed by atoms with Gasteiger partial charge in [0.05, 0.1) is 0 Å². The number of hydrogen-bond acceptors (Lipinski definition) is 3. The van der Waals surface area contributed by atoms with Crippen LogP contribution < -0.4 is 4.74 Å². The second-order valence-electron chi connectivity index (χ2n) is 5.95. The van der Waals surface area contributed by atoms with Crippen LogP contribution in [0.15, 0.2) is 54.6 Å². The van der Waals surface area contributed by atoms with Gasteiger partial charge in [0.2, 0.25) is 0 Å².